The molecule has 3 heterocycles. The van der Waals surface area contributed by atoms with E-state index in [2.05, 4.69) is 94.4 Å². The van der Waals surface area contributed by atoms with Gasteiger partial charge in [0.05, 0.1) is 33.9 Å². The third-order valence-electron chi connectivity index (χ3n) is 7.09. The van der Waals surface area contributed by atoms with Crippen LogP contribution in [0.4, 0.5) is 17.1 Å². The van der Waals surface area contributed by atoms with Crippen molar-refractivity contribution in [1.29, 1.82) is 10.5 Å². The summed E-state index contributed by atoms with van der Waals surface area (Å²) in [5.41, 5.74) is 8.51. The van der Waals surface area contributed by atoms with Gasteiger partial charge in [-0.15, -0.1) is 0 Å². The summed E-state index contributed by atoms with van der Waals surface area (Å²) in [6, 6.07) is 30.8. The molecule has 6 heteroatoms. The average molecular weight is 491 g/mol. The second-order valence-corrected chi connectivity index (χ2v) is 9.65. The number of nitriles is 2. The third kappa shape index (κ3) is 3.59. The van der Waals surface area contributed by atoms with Gasteiger partial charge < -0.3 is 4.90 Å². The lowest BCUT2D eigenvalue weighted by molar-refractivity contribution is 0.632. The maximum Gasteiger partial charge on any atom is 0.161 e. The Morgan fingerprint density at radius 3 is 1.79 bits per heavy atom. The molecule has 0 N–H and O–H groups in total. The lowest BCUT2D eigenvalue weighted by atomic mass is 9.73. The number of aromatic nitrogens is 3. The monoisotopic (exact) mass is 490 g/mol. The quantitative estimate of drug-likeness (QED) is 0.269. The number of hydrogen-bond acceptors (Lipinski definition) is 6. The summed E-state index contributed by atoms with van der Waals surface area (Å²) in [6.07, 6.45) is 4.67. The molecule has 0 unspecified atom stereocenters. The molecule has 6 rings (SSSR count). The molecule has 5 aromatic rings. The zero-order chi connectivity index (χ0) is 26.3. The van der Waals surface area contributed by atoms with E-state index in [1.807, 2.05) is 24.3 Å². The maximum absolute atomic E-state index is 9.32. The van der Waals surface area contributed by atoms with Crippen molar-refractivity contribution in [2.45, 2.75) is 19.3 Å². The predicted octanol–water partition coefficient (Wildman–Crippen LogP) is 7.06. The highest BCUT2D eigenvalue weighted by Crippen LogP contribution is 2.54. The van der Waals surface area contributed by atoms with E-state index in [0.29, 0.717) is 17.0 Å². The van der Waals surface area contributed by atoms with Gasteiger partial charge in [-0.3, -0.25) is 4.98 Å². The van der Waals surface area contributed by atoms with Crippen molar-refractivity contribution in [1.82, 2.24) is 15.0 Å². The van der Waals surface area contributed by atoms with E-state index < -0.39 is 0 Å². The molecular weight excluding hydrogens is 468 g/mol. The van der Waals surface area contributed by atoms with Gasteiger partial charge in [0.25, 0.3) is 0 Å². The summed E-state index contributed by atoms with van der Waals surface area (Å²) in [7, 11) is 0. The molecule has 0 amide bonds. The Balaban J connectivity index is 1.70. The molecule has 1 aliphatic rings. The largest absolute Gasteiger partial charge is 0.308 e. The SMILES string of the molecule is CC1(C)c2ccccc2N(c2c(-c3ccc(C#N)cn3)cccc2-c2ncc(C#N)cn2)c2ccccc21. The fourth-order valence-corrected chi connectivity index (χ4v) is 5.23. The van der Waals surface area contributed by atoms with Gasteiger partial charge in [0.1, 0.15) is 12.1 Å². The fraction of sp³-hybridized carbons (Fsp3) is 0.0938. The summed E-state index contributed by atoms with van der Waals surface area (Å²) in [5, 5.41) is 18.6. The maximum atomic E-state index is 9.32. The topological polar surface area (TPSA) is 89.5 Å². The van der Waals surface area contributed by atoms with Crippen molar-refractivity contribution < 1.29 is 0 Å². The highest BCUT2D eigenvalue weighted by molar-refractivity contribution is 5.98. The van der Waals surface area contributed by atoms with Crippen LogP contribution in [0.3, 0.4) is 0 Å². The first-order chi connectivity index (χ1) is 18.5. The molecule has 0 radical (unpaired) electrons. The summed E-state index contributed by atoms with van der Waals surface area (Å²) in [5.74, 6) is 0.509. The van der Waals surface area contributed by atoms with Crippen LogP contribution >= 0.6 is 0 Å². The number of benzene rings is 3. The van der Waals surface area contributed by atoms with Gasteiger partial charge in [0.15, 0.2) is 5.82 Å². The van der Waals surface area contributed by atoms with Crippen molar-refractivity contribution in [3.63, 3.8) is 0 Å². The van der Waals surface area contributed by atoms with Crippen LogP contribution in [0.5, 0.6) is 0 Å². The molecule has 0 aliphatic carbocycles. The van der Waals surface area contributed by atoms with Crippen LogP contribution in [-0.2, 0) is 5.41 Å². The van der Waals surface area contributed by atoms with Crippen LogP contribution < -0.4 is 4.90 Å². The van der Waals surface area contributed by atoms with E-state index in [-0.39, 0.29) is 5.41 Å². The number of hydrogen-bond donors (Lipinski definition) is 0. The summed E-state index contributed by atoms with van der Waals surface area (Å²) in [6.45, 7) is 4.50. The van der Waals surface area contributed by atoms with Crippen molar-refractivity contribution in [3.8, 4) is 34.8 Å². The number of rotatable bonds is 3. The van der Waals surface area contributed by atoms with Gasteiger partial charge in [-0.2, -0.15) is 10.5 Å². The molecule has 0 spiro atoms. The molecule has 2 aromatic heterocycles. The number of nitrogens with zero attached hydrogens (tertiary/aromatic N) is 6. The van der Waals surface area contributed by atoms with Crippen molar-refractivity contribution in [2.24, 2.45) is 0 Å². The van der Waals surface area contributed by atoms with Gasteiger partial charge in [-0.05, 0) is 41.5 Å². The lowest BCUT2D eigenvalue weighted by Gasteiger charge is -2.43. The zero-order valence-electron chi connectivity index (χ0n) is 20.9. The van der Waals surface area contributed by atoms with Gasteiger partial charge in [0, 0.05) is 35.1 Å². The predicted molar refractivity (Wildman–Crippen MR) is 147 cm³/mol. The summed E-state index contributed by atoms with van der Waals surface area (Å²) < 4.78 is 0. The van der Waals surface area contributed by atoms with Gasteiger partial charge in [0.2, 0.25) is 0 Å². The Bertz CT molecular complexity index is 1630. The standard InChI is InChI=1S/C32H22N6/c1-32(2)25-10-3-5-12-28(25)38(29-13-6-4-11-26(29)32)30-23(27-15-14-21(16-33)18-35-27)8-7-9-24(30)31-36-19-22(17-34)20-37-31/h3-15,18-20H,1-2H3. The van der Waals surface area contributed by atoms with E-state index in [1.54, 1.807) is 24.7 Å². The lowest BCUT2D eigenvalue weighted by Crippen LogP contribution is -2.31. The minimum Gasteiger partial charge on any atom is -0.308 e. The van der Waals surface area contributed by atoms with E-state index in [1.165, 1.54) is 11.1 Å². The first-order valence-electron chi connectivity index (χ1n) is 12.2. The molecule has 38 heavy (non-hydrogen) atoms. The van der Waals surface area contributed by atoms with Crippen LogP contribution in [0.25, 0.3) is 22.6 Å². The van der Waals surface area contributed by atoms with Crippen LogP contribution in [0, 0.1) is 22.7 Å². The molecule has 1 aliphatic heterocycles. The second kappa shape index (κ2) is 8.96. The second-order valence-electron chi connectivity index (χ2n) is 9.65. The summed E-state index contributed by atoms with van der Waals surface area (Å²) >= 11 is 0. The van der Waals surface area contributed by atoms with Gasteiger partial charge in [-0.25, -0.2) is 9.97 Å². The minimum atomic E-state index is -0.212. The summed E-state index contributed by atoms with van der Waals surface area (Å²) in [4.78, 5) is 16.0. The third-order valence-corrected chi connectivity index (χ3v) is 7.09. The number of pyridine rings is 1. The first-order valence-corrected chi connectivity index (χ1v) is 12.2. The van der Waals surface area contributed by atoms with E-state index in [9.17, 15) is 10.5 Å². The van der Waals surface area contributed by atoms with E-state index in [0.717, 1.165) is 33.9 Å². The Labute approximate surface area is 221 Å². The number of anilines is 3. The minimum absolute atomic E-state index is 0.212. The molecule has 0 bridgehead atoms. The highest BCUT2D eigenvalue weighted by Gasteiger charge is 2.38. The number of para-hydroxylation sites is 3. The molecule has 0 atom stereocenters. The molecule has 0 saturated heterocycles. The van der Waals surface area contributed by atoms with Crippen molar-refractivity contribution in [2.75, 3.05) is 4.90 Å². The molecule has 3 aromatic carbocycles. The molecule has 6 nitrogen and oxygen atoms in total. The van der Waals surface area contributed by atoms with Gasteiger partial charge >= 0.3 is 0 Å². The van der Waals surface area contributed by atoms with E-state index >= 15 is 0 Å². The molecule has 180 valence electrons. The zero-order valence-corrected chi connectivity index (χ0v) is 20.9. The fourth-order valence-electron chi connectivity index (χ4n) is 5.23. The normalized spacial score (nSPS) is 13.1. The average Bonchev–Trinajstić information content (AvgIpc) is 2.97. The molecule has 0 saturated carbocycles. The Kier molecular flexibility index (Phi) is 5.44. The van der Waals surface area contributed by atoms with E-state index in [4.69, 9.17) is 0 Å². The Hall–Kier alpha value is -5.33. The van der Waals surface area contributed by atoms with Crippen LogP contribution in [0.2, 0.25) is 0 Å². The van der Waals surface area contributed by atoms with Crippen LogP contribution in [-0.4, -0.2) is 15.0 Å². The Morgan fingerprint density at radius 1 is 0.632 bits per heavy atom. The van der Waals surface area contributed by atoms with Gasteiger partial charge in [-0.1, -0.05) is 62.4 Å². The highest BCUT2D eigenvalue weighted by atomic mass is 15.2. The van der Waals surface area contributed by atoms with Crippen molar-refractivity contribution in [3.05, 3.63) is 120 Å². The number of fused-ring (bicyclic) bond motifs is 2. The smallest absolute Gasteiger partial charge is 0.161 e. The van der Waals surface area contributed by atoms with Crippen LogP contribution in [0.1, 0.15) is 36.1 Å². The van der Waals surface area contributed by atoms with Crippen molar-refractivity contribution >= 4 is 17.1 Å². The molecular formula is C32H22N6. The first kappa shape index (κ1) is 23.1. The van der Waals surface area contributed by atoms with Crippen LogP contribution in [0.15, 0.2) is 97.5 Å². The Morgan fingerprint density at radius 2 is 1.21 bits per heavy atom. The molecule has 0 fully saturated rings.